The lowest BCUT2D eigenvalue weighted by molar-refractivity contribution is 0.102. The number of nitrogens with one attached hydrogen (secondary N) is 1. The number of rotatable bonds is 4. The van der Waals surface area contributed by atoms with Gasteiger partial charge in [-0.1, -0.05) is 31.2 Å². The third-order valence-electron chi connectivity index (χ3n) is 5.22. The van der Waals surface area contributed by atoms with Crippen LogP contribution in [0.25, 0.3) is 0 Å². The summed E-state index contributed by atoms with van der Waals surface area (Å²) in [6.07, 6.45) is 2.63. The SMILES string of the molecule is Cc1cccc(NC(=O)c2ccc(CN3CCCC(C)C3)cc2)c1C. The van der Waals surface area contributed by atoms with Crippen LogP contribution in [0, 0.1) is 19.8 Å². The van der Waals surface area contributed by atoms with Crippen LogP contribution in [0.3, 0.4) is 0 Å². The highest BCUT2D eigenvalue weighted by Crippen LogP contribution is 2.20. The third-order valence-corrected chi connectivity index (χ3v) is 5.22. The molecule has 1 aliphatic heterocycles. The van der Waals surface area contributed by atoms with E-state index in [9.17, 15) is 4.79 Å². The molecule has 132 valence electrons. The number of benzene rings is 2. The number of anilines is 1. The number of hydrogen-bond acceptors (Lipinski definition) is 2. The highest BCUT2D eigenvalue weighted by Gasteiger charge is 2.16. The predicted octanol–water partition coefficient (Wildman–Crippen LogP) is 4.79. The van der Waals surface area contributed by atoms with Crippen molar-refractivity contribution < 1.29 is 4.79 Å². The van der Waals surface area contributed by atoms with E-state index in [1.165, 1.54) is 37.1 Å². The van der Waals surface area contributed by atoms with Crippen molar-refractivity contribution in [2.24, 2.45) is 5.92 Å². The van der Waals surface area contributed by atoms with Gasteiger partial charge in [0.15, 0.2) is 0 Å². The topological polar surface area (TPSA) is 32.3 Å². The van der Waals surface area contributed by atoms with Gasteiger partial charge in [-0.15, -0.1) is 0 Å². The maximum atomic E-state index is 12.5. The van der Waals surface area contributed by atoms with Crippen molar-refractivity contribution in [1.82, 2.24) is 4.90 Å². The van der Waals surface area contributed by atoms with Gasteiger partial charge < -0.3 is 5.32 Å². The van der Waals surface area contributed by atoms with E-state index < -0.39 is 0 Å². The molecule has 1 N–H and O–H groups in total. The molecular formula is C22H28N2O. The first kappa shape index (κ1) is 17.7. The highest BCUT2D eigenvalue weighted by atomic mass is 16.1. The maximum Gasteiger partial charge on any atom is 0.255 e. The van der Waals surface area contributed by atoms with E-state index >= 15 is 0 Å². The van der Waals surface area contributed by atoms with E-state index in [2.05, 4.69) is 42.3 Å². The van der Waals surface area contributed by atoms with Crippen LogP contribution in [-0.2, 0) is 6.54 Å². The van der Waals surface area contributed by atoms with E-state index in [-0.39, 0.29) is 5.91 Å². The Hall–Kier alpha value is -2.13. The molecule has 1 atom stereocenters. The van der Waals surface area contributed by atoms with Crippen molar-refractivity contribution in [2.45, 2.75) is 40.2 Å². The van der Waals surface area contributed by atoms with Crippen molar-refractivity contribution in [1.29, 1.82) is 0 Å². The average Bonchev–Trinajstić information content (AvgIpc) is 2.59. The van der Waals surface area contributed by atoms with E-state index in [0.717, 1.165) is 23.7 Å². The fourth-order valence-corrected chi connectivity index (χ4v) is 3.53. The van der Waals surface area contributed by atoms with E-state index in [1.54, 1.807) is 0 Å². The summed E-state index contributed by atoms with van der Waals surface area (Å²) in [5, 5.41) is 3.02. The number of aryl methyl sites for hydroxylation is 1. The van der Waals surface area contributed by atoms with Gasteiger partial charge >= 0.3 is 0 Å². The average molecular weight is 336 g/mol. The van der Waals surface area contributed by atoms with Gasteiger partial charge in [-0.05, 0) is 74.0 Å². The molecule has 0 aromatic heterocycles. The predicted molar refractivity (Wildman–Crippen MR) is 104 cm³/mol. The summed E-state index contributed by atoms with van der Waals surface area (Å²) in [4.78, 5) is 15.0. The lowest BCUT2D eigenvalue weighted by Gasteiger charge is -2.30. The van der Waals surface area contributed by atoms with Crippen LogP contribution >= 0.6 is 0 Å². The number of piperidine rings is 1. The van der Waals surface area contributed by atoms with Gasteiger partial charge in [-0.2, -0.15) is 0 Å². The first-order chi connectivity index (χ1) is 12.0. The fraction of sp³-hybridized carbons (Fsp3) is 0.409. The van der Waals surface area contributed by atoms with Gasteiger partial charge in [0.2, 0.25) is 0 Å². The number of hydrogen-bond donors (Lipinski definition) is 1. The van der Waals surface area contributed by atoms with Crippen molar-refractivity contribution in [3.63, 3.8) is 0 Å². The molecule has 0 spiro atoms. The minimum absolute atomic E-state index is 0.0492. The molecule has 0 radical (unpaired) electrons. The van der Waals surface area contributed by atoms with Crippen LogP contribution in [0.5, 0.6) is 0 Å². The molecule has 2 aromatic carbocycles. The van der Waals surface area contributed by atoms with Crippen molar-refractivity contribution in [3.8, 4) is 0 Å². The molecule has 0 aliphatic carbocycles. The second-order valence-corrected chi connectivity index (χ2v) is 7.38. The second kappa shape index (κ2) is 7.83. The number of likely N-dealkylation sites (tertiary alicyclic amines) is 1. The summed E-state index contributed by atoms with van der Waals surface area (Å²) in [5.41, 5.74) is 5.17. The Balaban J connectivity index is 1.63. The van der Waals surface area contributed by atoms with Crippen LogP contribution in [0.1, 0.15) is 46.8 Å². The maximum absolute atomic E-state index is 12.5. The summed E-state index contributed by atoms with van der Waals surface area (Å²) in [7, 11) is 0. The van der Waals surface area contributed by atoms with Crippen LogP contribution < -0.4 is 5.32 Å². The molecule has 0 saturated carbocycles. The first-order valence-electron chi connectivity index (χ1n) is 9.22. The van der Waals surface area contributed by atoms with Gasteiger partial charge in [0.25, 0.3) is 5.91 Å². The van der Waals surface area contributed by atoms with Crippen LogP contribution in [0.2, 0.25) is 0 Å². The molecule has 0 bridgehead atoms. The molecule has 1 fully saturated rings. The van der Waals surface area contributed by atoms with E-state index in [4.69, 9.17) is 0 Å². The Bertz CT molecular complexity index is 736. The van der Waals surface area contributed by atoms with Crippen molar-refractivity contribution in [3.05, 3.63) is 64.7 Å². The molecule has 1 saturated heterocycles. The Morgan fingerprint density at radius 1 is 1.16 bits per heavy atom. The van der Waals surface area contributed by atoms with Gasteiger partial charge in [-0.25, -0.2) is 0 Å². The summed E-state index contributed by atoms with van der Waals surface area (Å²) in [6, 6.07) is 14.0. The standard InChI is InChI=1S/C22H28N2O/c1-16-6-5-13-24(14-16)15-19-9-11-20(12-10-19)22(25)23-21-8-4-7-17(2)18(21)3/h4,7-12,16H,5-6,13-15H2,1-3H3,(H,23,25). The van der Waals surface area contributed by atoms with Gasteiger partial charge in [0, 0.05) is 24.3 Å². The van der Waals surface area contributed by atoms with E-state index in [0.29, 0.717) is 5.56 Å². The molecular weight excluding hydrogens is 308 g/mol. The molecule has 1 amide bonds. The lowest BCUT2D eigenvalue weighted by Crippen LogP contribution is -2.33. The number of carbonyl (C=O) groups excluding carboxylic acids is 1. The number of amides is 1. The highest BCUT2D eigenvalue weighted by molar-refractivity contribution is 6.04. The Kier molecular flexibility index (Phi) is 5.54. The van der Waals surface area contributed by atoms with Crippen molar-refractivity contribution in [2.75, 3.05) is 18.4 Å². The Morgan fingerprint density at radius 2 is 1.92 bits per heavy atom. The summed E-state index contributed by atoms with van der Waals surface area (Å²) in [6.45, 7) is 9.75. The van der Waals surface area contributed by atoms with Crippen LogP contribution in [0.15, 0.2) is 42.5 Å². The minimum Gasteiger partial charge on any atom is -0.322 e. The lowest BCUT2D eigenvalue weighted by atomic mass is 9.99. The van der Waals surface area contributed by atoms with Crippen molar-refractivity contribution >= 4 is 11.6 Å². The third kappa shape index (κ3) is 4.49. The number of carbonyl (C=O) groups is 1. The molecule has 25 heavy (non-hydrogen) atoms. The minimum atomic E-state index is -0.0492. The monoisotopic (exact) mass is 336 g/mol. The molecule has 3 heteroatoms. The number of nitrogens with zero attached hydrogens (tertiary/aromatic N) is 1. The van der Waals surface area contributed by atoms with Gasteiger partial charge in [0.1, 0.15) is 0 Å². The van der Waals surface area contributed by atoms with E-state index in [1.807, 2.05) is 31.2 Å². The zero-order chi connectivity index (χ0) is 17.8. The molecule has 3 rings (SSSR count). The molecule has 2 aromatic rings. The molecule has 1 unspecified atom stereocenters. The van der Waals surface area contributed by atoms with Gasteiger partial charge in [0.05, 0.1) is 0 Å². The first-order valence-corrected chi connectivity index (χ1v) is 9.22. The zero-order valence-corrected chi connectivity index (χ0v) is 15.5. The van der Waals surface area contributed by atoms with Crippen LogP contribution in [0.4, 0.5) is 5.69 Å². The zero-order valence-electron chi connectivity index (χ0n) is 15.5. The smallest absolute Gasteiger partial charge is 0.255 e. The van der Waals surface area contributed by atoms with Crippen LogP contribution in [-0.4, -0.2) is 23.9 Å². The molecule has 1 heterocycles. The fourth-order valence-electron chi connectivity index (χ4n) is 3.53. The Morgan fingerprint density at radius 3 is 2.64 bits per heavy atom. The summed E-state index contributed by atoms with van der Waals surface area (Å²) < 4.78 is 0. The molecule has 3 nitrogen and oxygen atoms in total. The largest absolute Gasteiger partial charge is 0.322 e. The normalized spacial score (nSPS) is 18.1. The van der Waals surface area contributed by atoms with Gasteiger partial charge in [-0.3, -0.25) is 9.69 Å². The Labute approximate surface area is 151 Å². The summed E-state index contributed by atoms with van der Waals surface area (Å²) >= 11 is 0. The second-order valence-electron chi connectivity index (χ2n) is 7.38. The molecule has 1 aliphatic rings. The quantitative estimate of drug-likeness (QED) is 0.871. The summed E-state index contributed by atoms with van der Waals surface area (Å²) in [5.74, 6) is 0.739.